The largest absolute Gasteiger partial charge is 0.497 e. The van der Waals surface area contributed by atoms with Crippen molar-refractivity contribution >= 4 is 28.1 Å². The summed E-state index contributed by atoms with van der Waals surface area (Å²) in [6.07, 6.45) is 4.05. The van der Waals surface area contributed by atoms with Gasteiger partial charge in [0, 0.05) is 31.5 Å². The van der Waals surface area contributed by atoms with E-state index in [4.69, 9.17) is 4.74 Å². The molecule has 8 heteroatoms. The lowest BCUT2D eigenvalue weighted by Gasteiger charge is -2.12. The molecule has 1 aliphatic rings. The predicted octanol–water partition coefficient (Wildman–Crippen LogP) is 2.92. The molecule has 0 radical (unpaired) electrons. The molecule has 1 saturated heterocycles. The molecule has 3 aromatic rings. The number of methoxy groups -OCH3 is 1. The zero-order valence-electron chi connectivity index (χ0n) is 14.3. The molecule has 2 N–H and O–H groups in total. The van der Waals surface area contributed by atoms with E-state index in [0.717, 1.165) is 34.4 Å². The standard InChI is InChI=1S/C18H19N5O2S/c1-25-13-5-7-19-17(9-13)22-16-4-2-3-14(21-16)15-10-20-18(26-15)23-8-6-12(24)11-23/h2-5,7,9-10,12,24H,6,8,11H2,1H3,(H,19,21,22). The number of anilines is 3. The number of thiazole rings is 1. The molecule has 134 valence electrons. The van der Waals surface area contributed by atoms with Gasteiger partial charge in [-0.2, -0.15) is 0 Å². The smallest absolute Gasteiger partial charge is 0.185 e. The Hall–Kier alpha value is -2.71. The van der Waals surface area contributed by atoms with Gasteiger partial charge in [0.15, 0.2) is 5.13 Å². The first-order valence-electron chi connectivity index (χ1n) is 8.34. The Balaban J connectivity index is 1.53. The maximum absolute atomic E-state index is 9.70. The summed E-state index contributed by atoms with van der Waals surface area (Å²) in [5, 5.41) is 13.8. The number of aliphatic hydroxyl groups excluding tert-OH is 1. The van der Waals surface area contributed by atoms with E-state index in [0.29, 0.717) is 18.2 Å². The summed E-state index contributed by atoms with van der Waals surface area (Å²) in [4.78, 5) is 16.5. The summed E-state index contributed by atoms with van der Waals surface area (Å²) in [5.74, 6) is 2.11. The normalized spacial score (nSPS) is 16.7. The van der Waals surface area contributed by atoms with Gasteiger partial charge in [-0.25, -0.2) is 15.0 Å². The first-order chi connectivity index (χ1) is 12.7. The van der Waals surface area contributed by atoms with Crippen LogP contribution in [0, 0.1) is 0 Å². The number of rotatable bonds is 5. The van der Waals surface area contributed by atoms with Gasteiger partial charge >= 0.3 is 0 Å². The van der Waals surface area contributed by atoms with E-state index in [9.17, 15) is 5.11 Å². The Morgan fingerprint density at radius 1 is 1.27 bits per heavy atom. The summed E-state index contributed by atoms with van der Waals surface area (Å²) in [6.45, 7) is 1.48. The first kappa shape index (κ1) is 16.7. The maximum atomic E-state index is 9.70. The van der Waals surface area contributed by atoms with E-state index in [1.165, 1.54) is 0 Å². The number of aromatic nitrogens is 3. The Kier molecular flexibility index (Phi) is 4.68. The number of hydrogen-bond acceptors (Lipinski definition) is 8. The van der Waals surface area contributed by atoms with E-state index in [-0.39, 0.29) is 6.10 Å². The molecule has 0 aromatic carbocycles. The molecule has 1 fully saturated rings. The van der Waals surface area contributed by atoms with Crippen molar-refractivity contribution in [1.29, 1.82) is 0 Å². The van der Waals surface area contributed by atoms with Crippen LogP contribution in [-0.2, 0) is 0 Å². The summed E-state index contributed by atoms with van der Waals surface area (Å²) < 4.78 is 5.22. The zero-order chi connectivity index (χ0) is 17.9. The van der Waals surface area contributed by atoms with Gasteiger partial charge in [0.25, 0.3) is 0 Å². The maximum Gasteiger partial charge on any atom is 0.185 e. The molecule has 4 rings (SSSR count). The van der Waals surface area contributed by atoms with Crippen LogP contribution in [0.1, 0.15) is 6.42 Å². The van der Waals surface area contributed by atoms with Crippen LogP contribution in [0.4, 0.5) is 16.8 Å². The predicted molar refractivity (Wildman–Crippen MR) is 102 cm³/mol. The van der Waals surface area contributed by atoms with Crippen LogP contribution in [0.2, 0.25) is 0 Å². The van der Waals surface area contributed by atoms with Crippen LogP contribution < -0.4 is 15.0 Å². The molecule has 1 unspecified atom stereocenters. The monoisotopic (exact) mass is 369 g/mol. The number of ether oxygens (including phenoxy) is 1. The fourth-order valence-corrected chi connectivity index (χ4v) is 3.75. The molecule has 0 spiro atoms. The molecular weight excluding hydrogens is 350 g/mol. The summed E-state index contributed by atoms with van der Waals surface area (Å²) in [5.41, 5.74) is 0.849. The Morgan fingerprint density at radius 3 is 3.00 bits per heavy atom. The van der Waals surface area contributed by atoms with Crippen molar-refractivity contribution in [1.82, 2.24) is 15.0 Å². The van der Waals surface area contributed by atoms with Crippen LogP contribution >= 0.6 is 11.3 Å². The van der Waals surface area contributed by atoms with Crippen LogP contribution in [-0.4, -0.2) is 46.4 Å². The molecule has 4 heterocycles. The van der Waals surface area contributed by atoms with Gasteiger partial charge in [-0.1, -0.05) is 17.4 Å². The highest BCUT2D eigenvalue weighted by Crippen LogP contribution is 2.32. The zero-order valence-corrected chi connectivity index (χ0v) is 15.1. The van der Waals surface area contributed by atoms with Crippen molar-refractivity contribution in [3.63, 3.8) is 0 Å². The third-order valence-corrected chi connectivity index (χ3v) is 5.23. The number of nitrogens with one attached hydrogen (secondary N) is 1. The first-order valence-corrected chi connectivity index (χ1v) is 9.16. The molecular formula is C18H19N5O2S. The molecule has 7 nitrogen and oxygen atoms in total. The van der Waals surface area contributed by atoms with Crippen molar-refractivity contribution in [3.8, 4) is 16.3 Å². The van der Waals surface area contributed by atoms with Crippen molar-refractivity contribution in [2.75, 3.05) is 30.4 Å². The van der Waals surface area contributed by atoms with Gasteiger partial charge in [0.2, 0.25) is 0 Å². The van der Waals surface area contributed by atoms with E-state index in [1.807, 2.05) is 30.5 Å². The van der Waals surface area contributed by atoms with E-state index < -0.39 is 0 Å². The number of hydrogen-bond donors (Lipinski definition) is 2. The third-order valence-electron chi connectivity index (χ3n) is 4.15. The lowest BCUT2D eigenvalue weighted by molar-refractivity contribution is 0.198. The summed E-state index contributed by atoms with van der Waals surface area (Å²) in [7, 11) is 1.62. The second kappa shape index (κ2) is 7.27. The lowest BCUT2D eigenvalue weighted by atomic mass is 10.3. The van der Waals surface area contributed by atoms with Crippen LogP contribution in [0.25, 0.3) is 10.6 Å². The Morgan fingerprint density at radius 2 is 2.19 bits per heavy atom. The van der Waals surface area contributed by atoms with Gasteiger partial charge in [0.1, 0.15) is 17.4 Å². The van der Waals surface area contributed by atoms with Gasteiger partial charge in [-0.3, -0.25) is 0 Å². The van der Waals surface area contributed by atoms with Crippen LogP contribution in [0.15, 0.2) is 42.7 Å². The fourth-order valence-electron chi connectivity index (χ4n) is 2.82. The minimum atomic E-state index is -0.261. The van der Waals surface area contributed by atoms with Crippen LogP contribution in [0.5, 0.6) is 5.75 Å². The molecule has 0 bridgehead atoms. The highest BCUT2D eigenvalue weighted by Gasteiger charge is 2.23. The molecule has 3 aromatic heterocycles. The number of aliphatic hydroxyl groups is 1. The average molecular weight is 369 g/mol. The van der Waals surface area contributed by atoms with Crippen LogP contribution in [0.3, 0.4) is 0 Å². The third kappa shape index (κ3) is 3.61. The molecule has 0 saturated carbocycles. The highest BCUT2D eigenvalue weighted by molar-refractivity contribution is 7.18. The molecule has 26 heavy (non-hydrogen) atoms. The van der Waals surface area contributed by atoms with Crippen molar-refractivity contribution in [3.05, 3.63) is 42.7 Å². The van der Waals surface area contributed by atoms with Gasteiger partial charge in [0.05, 0.1) is 23.8 Å². The Labute approximate surface area is 155 Å². The number of pyridine rings is 2. The van der Waals surface area contributed by atoms with Crippen molar-refractivity contribution < 1.29 is 9.84 Å². The average Bonchev–Trinajstić information content (AvgIpc) is 3.31. The van der Waals surface area contributed by atoms with Crippen molar-refractivity contribution in [2.24, 2.45) is 0 Å². The van der Waals surface area contributed by atoms with E-state index in [1.54, 1.807) is 30.7 Å². The van der Waals surface area contributed by atoms with Gasteiger partial charge < -0.3 is 20.1 Å². The highest BCUT2D eigenvalue weighted by atomic mass is 32.1. The summed E-state index contributed by atoms with van der Waals surface area (Å²) in [6, 6.07) is 9.41. The quantitative estimate of drug-likeness (QED) is 0.715. The molecule has 0 aliphatic carbocycles. The number of β-amino-alcohol motifs (C(OH)–C–C–N with tert-alkyl or cyclic N) is 1. The fraction of sp³-hybridized carbons (Fsp3) is 0.278. The molecule has 0 amide bonds. The van der Waals surface area contributed by atoms with Gasteiger partial charge in [-0.15, -0.1) is 0 Å². The minimum absolute atomic E-state index is 0.261. The summed E-state index contributed by atoms with van der Waals surface area (Å²) >= 11 is 1.58. The lowest BCUT2D eigenvalue weighted by Crippen LogP contribution is -2.20. The molecule has 1 atom stereocenters. The second-order valence-electron chi connectivity index (χ2n) is 6.01. The minimum Gasteiger partial charge on any atom is -0.497 e. The second-order valence-corrected chi connectivity index (χ2v) is 7.02. The van der Waals surface area contributed by atoms with E-state index in [2.05, 4.69) is 25.2 Å². The number of nitrogens with zero attached hydrogens (tertiary/aromatic N) is 4. The Bertz CT molecular complexity index is 901. The molecule has 1 aliphatic heterocycles. The van der Waals surface area contributed by atoms with E-state index >= 15 is 0 Å². The topological polar surface area (TPSA) is 83.4 Å². The van der Waals surface area contributed by atoms with Crippen molar-refractivity contribution in [2.45, 2.75) is 12.5 Å². The van der Waals surface area contributed by atoms with Gasteiger partial charge in [-0.05, 0) is 24.6 Å². The SMILES string of the molecule is COc1ccnc(Nc2cccc(-c3cnc(N4CCC(O)C4)s3)n2)c1.